The third-order valence-corrected chi connectivity index (χ3v) is 4.71. The Bertz CT molecular complexity index is 396. The first kappa shape index (κ1) is 15.5. The van der Waals surface area contributed by atoms with Gasteiger partial charge in [-0.15, -0.1) is 0 Å². The lowest BCUT2D eigenvalue weighted by Gasteiger charge is -2.37. The van der Waals surface area contributed by atoms with Gasteiger partial charge in [-0.1, -0.05) is 32.9 Å². The van der Waals surface area contributed by atoms with Crippen LogP contribution in [0.3, 0.4) is 0 Å². The number of hydrogen-bond acceptors (Lipinski definition) is 1. The third kappa shape index (κ3) is 4.59. The molecule has 1 N–H and O–H groups in total. The summed E-state index contributed by atoms with van der Waals surface area (Å²) >= 11 is 0. The Morgan fingerprint density at radius 3 is 2.20 bits per heavy atom. The molecule has 0 aromatic heterocycles. The molecule has 1 aliphatic rings. The highest BCUT2D eigenvalue weighted by atomic mass is 19.1. The zero-order chi connectivity index (χ0) is 14.6. The van der Waals surface area contributed by atoms with Crippen molar-refractivity contribution < 1.29 is 4.39 Å². The maximum Gasteiger partial charge on any atom is 0.123 e. The van der Waals surface area contributed by atoms with E-state index < -0.39 is 0 Å². The zero-order valence-corrected chi connectivity index (χ0v) is 13.1. The molecule has 20 heavy (non-hydrogen) atoms. The van der Waals surface area contributed by atoms with Crippen molar-refractivity contribution in [1.29, 1.82) is 0 Å². The number of benzene rings is 1. The Hall–Kier alpha value is -0.890. The average molecular weight is 277 g/mol. The number of rotatable bonds is 4. The van der Waals surface area contributed by atoms with E-state index in [0.717, 1.165) is 18.9 Å². The fourth-order valence-electron chi connectivity index (χ4n) is 3.24. The van der Waals surface area contributed by atoms with Gasteiger partial charge in [0.05, 0.1) is 0 Å². The van der Waals surface area contributed by atoms with Crippen LogP contribution in [0.25, 0.3) is 0 Å². The molecule has 1 aliphatic carbocycles. The molecule has 1 aromatic rings. The summed E-state index contributed by atoms with van der Waals surface area (Å²) in [4.78, 5) is 0. The molecule has 0 unspecified atom stereocenters. The monoisotopic (exact) mass is 277 g/mol. The quantitative estimate of drug-likeness (QED) is 0.850. The fraction of sp³-hybridized carbons (Fsp3) is 0.667. The molecule has 0 bridgehead atoms. The van der Waals surface area contributed by atoms with Crippen molar-refractivity contribution in [3.05, 3.63) is 35.6 Å². The molecule has 0 atom stereocenters. The van der Waals surface area contributed by atoms with Gasteiger partial charge in [0.1, 0.15) is 5.82 Å². The van der Waals surface area contributed by atoms with Gasteiger partial charge >= 0.3 is 0 Å². The van der Waals surface area contributed by atoms with Crippen molar-refractivity contribution in [3.8, 4) is 0 Å². The highest BCUT2D eigenvalue weighted by molar-refractivity contribution is 5.16. The third-order valence-electron chi connectivity index (χ3n) is 4.71. The number of hydrogen-bond donors (Lipinski definition) is 1. The van der Waals surface area contributed by atoms with Crippen LogP contribution < -0.4 is 5.32 Å². The molecule has 1 fully saturated rings. The van der Waals surface area contributed by atoms with E-state index in [-0.39, 0.29) is 5.82 Å². The lowest BCUT2D eigenvalue weighted by Crippen LogP contribution is -2.37. The Morgan fingerprint density at radius 1 is 1.05 bits per heavy atom. The van der Waals surface area contributed by atoms with Gasteiger partial charge in [-0.05, 0) is 67.7 Å². The van der Waals surface area contributed by atoms with Crippen LogP contribution in [0.15, 0.2) is 24.3 Å². The largest absolute Gasteiger partial charge is 0.314 e. The lowest BCUT2D eigenvalue weighted by molar-refractivity contribution is 0.160. The molecule has 0 amide bonds. The summed E-state index contributed by atoms with van der Waals surface area (Å²) in [6.45, 7) is 8.08. The number of halogens is 1. The van der Waals surface area contributed by atoms with Crippen molar-refractivity contribution in [2.75, 3.05) is 6.54 Å². The minimum atomic E-state index is -0.151. The molecule has 0 heterocycles. The highest BCUT2D eigenvalue weighted by Gasteiger charge is 2.29. The maximum absolute atomic E-state index is 12.8. The Labute approximate surface area is 123 Å². The molecule has 0 radical (unpaired) electrons. The van der Waals surface area contributed by atoms with Crippen molar-refractivity contribution in [2.24, 2.45) is 11.3 Å². The molecule has 112 valence electrons. The van der Waals surface area contributed by atoms with Crippen LogP contribution in [-0.2, 0) is 6.42 Å². The molecule has 1 saturated carbocycles. The molecule has 0 saturated heterocycles. The van der Waals surface area contributed by atoms with Crippen molar-refractivity contribution in [1.82, 2.24) is 5.32 Å². The molecule has 1 aromatic carbocycles. The summed E-state index contributed by atoms with van der Waals surface area (Å²) in [5.41, 5.74) is 1.67. The van der Waals surface area contributed by atoms with Crippen molar-refractivity contribution >= 4 is 0 Å². The van der Waals surface area contributed by atoms with Gasteiger partial charge in [0, 0.05) is 6.04 Å². The SMILES string of the molecule is CC(C)(C)C1CCC(NCCc2ccc(F)cc2)CC1. The van der Waals surface area contributed by atoms with E-state index in [1.807, 2.05) is 12.1 Å². The molecule has 2 rings (SSSR count). The van der Waals surface area contributed by atoms with Crippen LogP contribution in [0, 0.1) is 17.2 Å². The van der Waals surface area contributed by atoms with E-state index in [1.54, 1.807) is 12.1 Å². The minimum Gasteiger partial charge on any atom is -0.314 e. The van der Waals surface area contributed by atoms with E-state index in [2.05, 4.69) is 26.1 Å². The van der Waals surface area contributed by atoms with Crippen LogP contribution in [0.4, 0.5) is 4.39 Å². The van der Waals surface area contributed by atoms with Crippen molar-refractivity contribution in [2.45, 2.75) is 58.9 Å². The second-order valence-electron chi connectivity index (χ2n) is 7.25. The Morgan fingerprint density at radius 2 is 1.65 bits per heavy atom. The zero-order valence-electron chi connectivity index (χ0n) is 13.1. The molecule has 1 nitrogen and oxygen atoms in total. The van der Waals surface area contributed by atoms with E-state index in [9.17, 15) is 4.39 Å². The van der Waals surface area contributed by atoms with E-state index in [1.165, 1.54) is 31.2 Å². The second kappa shape index (κ2) is 6.71. The molecule has 0 aliphatic heterocycles. The number of nitrogens with one attached hydrogen (secondary N) is 1. The van der Waals surface area contributed by atoms with Crippen LogP contribution in [0.2, 0.25) is 0 Å². The molecular weight excluding hydrogens is 249 g/mol. The van der Waals surface area contributed by atoms with Gasteiger partial charge in [0.25, 0.3) is 0 Å². The minimum absolute atomic E-state index is 0.151. The van der Waals surface area contributed by atoms with Crippen LogP contribution in [0.5, 0.6) is 0 Å². The van der Waals surface area contributed by atoms with Gasteiger partial charge < -0.3 is 5.32 Å². The van der Waals surface area contributed by atoms with Gasteiger partial charge in [-0.2, -0.15) is 0 Å². The summed E-state index contributed by atoms with van der Waals surface area (Å²) in [6, 6.07) is 7.53. The van der Waals surface area contributed by atoms with Crippen molar-refractivity contribution in [3.63, 3.8) is 0 Å². The fourth-order valence-corrected chi connectivity index (χ4v) is 3.24. The second-order valence-corrected chi connectivity index (χ2v) is 7.25. The first-order valence-corrected chi connectivity index (χ1v) is 7.93. The Balaban J connectivity index is 1.67. The normalized spacial score (nSPS) is 23.8. The van der Waals surface area contributed by atoms with Gasteiger partial charge in [0.2, 0.25) is 0 Å². The summed E-state index contributed by atoms with van der Waals surface area (Å²) in [6.07, 6.45) is 6.27. The summed E-state index contributed by atoms with van der Waals surface area (Å²) in [5.74, 6) is 0.722. The average Bonchev–Trinajstić information content (AvgIpc) is 2.41. The predicted octanol–water partition coefficient (Wildman–Crippen LogP) is 4.56. The standard InChI is InChI=1S/C18H28FN/c1-18(2,3)15-6-10-17(11-7-15)20-13-12-14-4-8-16(19)9-5-14/h4-5,8-9,15,17,20H,6-7,10-13H2,1-3H3. The van der Waals surface area contributed by atoms with Crippen LogP contribution in [0.1, 0.15) is 52.0 Å². The van der Waals surface area contributed by atoms with Crippen LogP contribution >= 0.6 is 0 Å². The van der Waals surface area contributed by atoms with E-state index in [4.69, 9.17) is 0 Å². The summed E-state index contributed by atoms with van der Waals surface area (Å²) < 4.78 is 12.8. The summed E-state index contributed by atoms with van der Waals surface area (Å²) in [5, 5.41) is 3.66. The van der Waals surface area contributed by atoms with Gasteiger partial charge in [-0.25, -0.2) is 4.39 Å². The molecular formula is C18H28FN. The van der Waals surface area contributed by atoms with E-state index in [0.29, 0.717) is 11.5 Å². The first-order chi connectivity index (χ1) is 9.45. The first-order valence-electron chi connectivity index (χ1n) is 7.93. The van der Waals surface area contributed by atoms with E-state index >= 15 is 0 Å². The maximum atomic E-state index is 12.8. The highest BCUT2D eigenvalue weighted by Crippen LogP contribution is 2.37. The van der Waals surface area contributed by atoms with Gasteiger partial charge in [0.15, 0.2) is 0 Å². The van der Waals surface area contributed by atoms with Gasteiger partial charge in [-0.3, -0.25) is 0 Å². The smallest absolute Gasteiger partial charge is 0.123 e. The molecule has 2 heteroatoms. The molecule has 0 spiro atoms. The Kier molecular flexibility index (Phi) is 5.20. The topological polar surface area (TPSA) is 12.0 Å². The predicted molar refractivity (Wildman–Crippen MR) is 83.3 cm³/mol. The lowest BCUT2D eigenvalue weighted by atomic mass is 9.71. The summed E-state index contributed by atoms with van der Waals surface area (Å²) in [7, 11) is 0. The van der Waals surface area contributed by atoms with Crippen LogP contribution in [-0.4, -0.2) is 12.6 Å².